The number of rotatable bonds is 7. The highest BCUT2D eigenvalue weighted by Crippen LogP contribution is 2.25. The van der Waals surface area contributed by atoms with Gasteiger partial charge >= 0.3 is 0 Å². The average Bonchev–Trinajstić information content (AvgIpc) is 3.22. The molecular formula is C22H27N3O2S. The lowest BCUT2D eigenvalue weighted by atomic mass is 10.1. The fraction of sp³-hybridized carbons (Fsp3) is 0.409. The Bertz CT molecular complexity index is 1010. The second kappa shape index (κ2) is 8.69. The van der Waals surface area contributed by atoms with Crippen molar-refractivity contribution in [1.82, 2.24) is 14.5 Å². The van der Waals surface area contributed by atoms with Crippen molar-refractivity contribution in [2.24, 2.45) is 5.92 Å². The number of benzene rings is 1. The van der Waals surface area contributed by atoms with Crippen LogP contribution in [-0.4, -0.2) is 26.9 Å². The standard InChI is InChI=1S/C22H27N3O2S/c1-5-12-24-20(23-18-10-7-6-9-17(18)21(24)26)16(4)25(14-15(2)3)22(27)19-11-8-13-28-19/h6-11,13,15-16H,5,12,14H2,1-4H3. The molecule has 0 spiro atoms. The van der Waals surface area contributed by atoms with Gasteiger partial charge in [0, 0.05) is 13.1 Å². The minimum absolute atomic E-state index is 0.0124. The molecule has 0 N–H and O–H groups in total. The van der Waals surface area contributed by atoms with E-state index in [-0.39, 0.29) is 17.5 Å². The Morgan fingerprint density at radius 1 is 1.18 bits per heavy atom. The zero-order chi connectivity index (χ0) is 20.3. The largest absolute Gasteiger partial charge is 0.328 e. The van der Waals surface area contributed by atoms with Crippen molar-refractivity contribution in [3.8, 4) is 0 Å². The molecule has 3 aromatic rings. The maximum absolute atomic E-state index is 13.2. The number of fused-ring (bicyclic) bond motifs is 1. The van der Waals surface area contributed by atoms with Gasteiger partial charge in [0.1, 0.15) is 5.82 Å². The normalized spacial score (nSPS) is 12.5. The van der Waals surface area contributed by atoms with E-state index < -0.39 is 0 Å². The van der Waals surface area contributed by atoms with E-state index in [9.17, 15) is 9.59 Å². The first-order valence-corrected chi connectivity index (χ1v) is 10.7. The first-order chi connectivity index (χ1) is 13.4. The fourth-order valence-electron chi connectivity index (χ4n) is 3.44. The highest BCUT2D eigenvalue weighted by atomic mass is 32.1. The third-order valence-electron chi connectivity index (χ3n) is 4.73. The van der Waals surface area contributed by atoms with Gasteiger partial charge in [-0.05, 0) is 42.8 Å². The summed E-state index contributed by atoms with van der Waals surface area (Å²) in [5.41, 5.74) is 0.636. The summed E-state index contributed by atoms with van der Waals surface area (Å²) in [5.74, 6) is 0.941. The van der Waals surface area contributed by atoms with Crippen molar-refractivity contribution in [2.45, 2.75) is 46.7 Å². The summed E-state index contributed by atoms with van der Waals surface area (Å²) >= 11 is 1.44. The smallest absolute Gasteiger partial charge is 0.264 e. The summed E-state index contributed by atoms with van der Waals surface area (Å²) in [4.78, 5) is 33.7. The molecule has 148 valence electrons. The molecule has 28 heavy (non-hydrogen) atoms. The van der Waals surface area contributed by atoms with E-state index in [2.05, 4.69) is 13.8 Å². The molecule has 0 saturated heterocycles. The lowest BCUT2D eigenvalue weighted by molar-refractivity contribution is 0.0657. The molecule has 0 aliphatic heterocycles. The van der Waals surface area contributed by atoms with Crippen LogP contribution in [0.4, 0.5) is 0 Å². The molecule has 0 aliphatic rings. The predicted molar refractivity (Wildman–Crippen MR) is 115 cm³/mol. The van der Waals surface area contributed by atoms with Crippen LogP contribution in [0.2, 0.25) is 0 Å². The molecule has 1 atom stereocenters. The summed E-state index contributed by atoms with van der Waals surface area (Å²) in [6, 6.07) is 10.8. The van der Waals surface area contributed by atoms with Gasteiger partial charge in [-0.2, -0.15) is 0 Å². The van der Waals surface area contributed by atoms with E-state index in [4.69, 9.17) is 4.98 Å². The molecule has 0 bridgehead atoms. The molecule has 2 heterocycles. The number of amides is 1. The number of aromatic nitrogens is 2. The zero-order valence-electron chi connectivity index (χ0n) is 16.9. The van der Waals surface area contributed by atoms with Gasteiger partial charge in [-0.15, -0.1) is 11.3 Å². The molecule has 2 aromatic heterocycles. The maximum atomic E-state index is 13.2. The van der Waals surface area contributed by atoms with Crippen LogP contribution in [0.1, 0.15) is 55.7 Å². The molecule has 3 rings (SSSR count). The summed E-state index contributed by atoms with van der Waals surface area (Å²) in [6.07, 6.45) is 0.822. The summed E-state index contributed by atoms with van der Waals surface area (Å²) in [7, 11) is 0. The van der Waals surface area contributed by atoms with Crippen LogP contribution < -0.4 is 5.56 Å². The van der Waals surface area contributed by atoms with Gasteiger partial charge in [-0.1, -0.05) is 39.0 Å². The quantitative estimate of drug-likeness (QED) is 0.579. The van der Waals surface area contributed by atoms with Crippen molar-refractivity contribution in [3.63, 3.8) is 0 Å². The van der Waals surface area contributed by atoms with Crippen molar-refractivity contribution >= 4 is 28.1 Å². The summed E-state index contributed by atoms with van der Waals surface area (Å²) in [6.45, 7) is 9.38. The Balaban J connectivity index is 2.12. The molecule has 5 nitrogen and oxygen atoms in total. The predicted octanol–water partition coefficient (Wildman–Crippen LogP) is 4.73. The van der Waals surface area contributed by atoms with Crippen molar-refractivity contribution in [1.29, 1.82) is 0 Å². The number of carbonyl (C=O) groups excluding carboxylic acids is 1. The van der Waals surface area contributed by atoms with Crippen LogP contribution in [0.3, 0.4) is 0 Å². The number of hydrogen-bond donors (Lipinski definition) is 0. The highest BCUT2D eigenvalue weighted by Gasteiger charge is 2.28. The van der Waals surface area contributed by atoms with Crippen LogP contribution in [-0.2, 0) is 6.54 Å². The Morgan fingerprint density at radius 3 is 2.57 bits per heavy atom. The van der Waals surface area contributed by atoms with Crippen molar-refractivity contribution in [2.75, 3.05) is 6.54 Å². The van der Waals surface area contributed by atoms with Gasteiger partial charge in [0.15, 0.2) is 0 Å². The van der Waals surface area contributed by atoms with Crippen molar-refractivity contribution in [3.05, 3.63) is 62.8 Å². The fourth-order valence-corrected chi connectivity index (χ4v) is 4.11. The lowest BCUT2D eigenvalue weighted by Crippen LogP contribution is -2.39. The average molecular weight is 398 g/mol. The number of thiophene rings is 1. The Kier molecular flexibility index (Phi) is 6.29. The minimum Gasteiger partial charge on any atom is -0.328 e. The Morgan fingerprint density at radius 2 is 1.93 bits per heavy atom. The zero-order valence-corrected chi connectivity index (χ0v) is 17.7. The number of carbonyl (C=O) groups is 1. The van der Waals surface area contributed by atoms with E-state index in [0.29, 0.717) is 40.6 Å². The van der Waals surface area contributed by atoms with Gasteiger partial charge in [-0.3, -0.25) is 14.2 Å². The number of para-hydroxylation sites is 1. The van der Waals surface area contributed by atoms with Crippen LogP contribution in [0.15, 0.2) is 46.6 Å². The van der Waals surface area contributed by atoms with E-state index >= 15 is 0 Å². The van der Waals surface area contributed by atoms with Gasteiger partial charge in [0.25, 0.3) is 11.5 Å². The van der Waals surface area contributed by atoms with Gasteiger partial charge in [0.05, 0.1) is 21.8 Å². The summed E-state index contributed by atoms with van der Waals surface area (Å²) in [5, 5.41) is 2.53. The second-order valence-electron chi connectivity index (χ2n) is 7.45. The molecule has 0 saturated carbocycles. The molecule has 0 aliphatic carbocycles. The van der Waals surface area contributed by atoms with Gasteiger partial charge < -0.3 is 4.90 Å². The SMILES string of the molecule is CCCn1c(C(C)N(CC(C)C)C(=O)c2cccs2)nc2ccccc2c1=O. The lowest BCUT2D eigenvalue weighted by Gasteiger charge is -2.31. The molecule has 0 radical (unpaired) electrons. The topological polar surface area (TPSA) is 55.2 Å². The summed E-state index contributed by atoms with van der Waals surface area (Å²) < 4.78 is 1.74. The van der Waals surface area contributed by atoms with Gasteiger partial charge in [0.2, 0.25) is 0 Å². The highest BCUT2D eigenvalue weighted by molar-refractivity contribution is 7.12. The monoisotopic (exact) mass is 397 g/mol. The molecule has 0 fully saturated rings. The molecule has 1 amide bonds. The molecule has 6 heteroatoms. The molecule has 1 unspecified atom stereocenters. The van der Waals surface area contributed by atoms with Crippen LogP contribution in [0.5, 0.6) is 0 Å². The van der Waals surface area contributed by atoms with E-state index in [1.807, 2.05) is 60.5 Å². The van der Waals surface area contributed by atoms with E-state index in [1.165, 1.54) is 11.3 Å². The maximum Gasteiger partial charge on any atom is 0.264 e. The number of hydrogen-bond acceptors (Lipinski definition) is 4. The molecule has 1 aromatic carbocycles. The Labute approximate surface area is 169 Å². The van der Waals surface area contributed by atoms with E-state index in [1.54, 1.807) is 4.57 Å². The third-order valence-corrected chi connectivity index (χ3v) is 5.59. The van der Waals surface area contributed by atoms with Crippen LogP contribution >= 0.6 is 11.3 Å². The van der Waals surface area contributed by atoms with E-state index in [0.717, 1.165) is 6.42 Å². The second-order valence-corrected chi connectivity index (χ2v) is 8.40. The van der Waals surface area contributed by atoms with Crippen LogP contribution in [0.25, 0.3) is 10.9 Å². The minimum atomic E-state index is -0.305. The Hall–Kier alpha value is -2.47. The molecular weight excluding hydrogens is 370 g/mol. The number of nitrogens with zero attached hydrogens (tertiary/aromatic N) is 3. The van der Waals surface area contributed by atoms with Crippen molar-refractivity contribution < 1.29 is 4.79 Å². The third kappa shape index (κ3) is 4.02. The van der Waals surface area contributed by atoms with Crippen LogP contribution in [0, 0.1) is 5.92 Å². The first-order valence-electron chi connectivity index (χ1n) is 9.78. The first kappa shape index (κ1) is 20.3. The van der Waals surface area contributed by atoms with Gasteiger partial charge in [-0.25, -0.2) is 4.98 Å².